The van der Waals surface area contributed by atoms with Crippen LogP contribution in [0.1, 0.15) is 40.5 Å². The Morgan fingerprint density at radius 3 is 2.46 bits per heavy atom. The molecule has 6 heteroatoms. The van der Waals surface area contributed by atoms with Crippen LogP contribution in [0, 0.1) is 40.4 Å². The van der Waals surface area contributed by atoms with Crippen molar-refractivity contribution in [2.75, 3.05) is 14.2 Å². The highest BCUT2D eigenvalue weighted by molar-refractivity contribution is 5.99. The molecule has 10 unspecified atom stereocenters. The number of carbonyl (C=O) groups is 2. The van der Waals surface area contributed by atoms with Crippen molar-refractivity contribution in [3.05, 3.63) is 11.8 Å². The van der Waals surface area contributed by atoms with E-state index < -0.39 is 23.0 Å². The monoisotopic (exact) mass is 392 g/mol. The summed E-state index contributed by atoms with van der Waals surface area (Å²) in [4.78, 5) is 26.1. The molecule has 10 atom stereocenters. The van der Waals surface area contributed by atoms with Gasteiger partial charge in [0, 0.05) is 30.3 Å². The van der Waals surface area contributed by atoms with Gasteiger partial charge >= 0.3 is 5.97 Å². The van der Waals surface area contributed by atoms with Crippen molar-refractivity contribution in [1.82, 2.24) is 0 Å². The van der Waals surface area contributed by atoms with Crippen LogP contribution in [0.2, 0.25) is 0 Å². The van der Waals surface area contributed by atoms with E-state index in [0.717, 1.165) is 0 Å². The summed E-state index contributed by atoms with van der Waals surface area (Å²) >= 11 is 0. The molecule has 0 radical (unpaired) electrons. The number of ether oxygens (including phenoxy) is 3. The number of ketones is 1. The third-order valence-electron chi connectivity index (χ3n) is 8.79. The molecule has 0 aromatic rings. The normalized spacial score (nSPS) is 52.9. The van der Waals surface area contributed by atoms with Crippen LogP contribution in [-0.2, 0) is 23.8 Å². The number of rotatable bonds is 2. The average molecular weight is 392 g/mol. The quantitative estimate of drug-likeness (QED) is 0.727. The van der Waals surface area contributed by atoms with Gasteiger partial charge in [0.25, 0.3) is 0 Å². The number of esters is 1. The van der Waals surface area contributed by atoms with Gasteiger partial charge < -0.3 is 19.3 Å². The van der Waals surface area contributed by atoms with Gasteiger partial charge in [-0.2, -0.15) is 0 Å². The Hall–Kier alpha value is -1.40. The number of hydrogen-bond donors (Lipinski definition) is 1. The fraction of sp³-hybridized carbons (Fsp3) is 0.818. The Kier molecular flexibility index (Phi) is 4.47. The lowest BCUT2D eigenvalue weighted by molar-refractivity contribution is -0.280. The van der Waals surface area contributed by atoms with E-state index in [2.05, 4.69) is 13.8 Å². The summed E-state index contributed by atoms with van der Waals surface area (Å²) < 4.78 is 17.0. The molecular formula is C22H32O6. The highest BCUT2D eigenvalue weighted by atomic mass is 16.5. The first kappa shape index (κ1) is 19.9. The molecule has 0 amide bonds. The van der Waals surface area contributed by atoms with E-state index in [1.165, 1.54) is 7.11 Å². The van der Waals surface area contributed by atoms with Crippen LogP contribution >= 0.6 is 0 Å². The topological polar surface area (TPSA) is 82.1 Å². The van der Waals surface area contributed by atoms with Crippen LogP contribution in [0.15, 0.2) is 11.8 Å². The molecule has 0 aromatic carbocycles. The summed E-state index contributed by atoms with van der Waals surface area (Å²) in [5.74, 6) is -0.213. The van der Waals surface area contributed by atoms with Gasteiger partial charge in [0.2, 0.25) is 5.78 Å². The van der Waals surface area contributed by atoms with Crippen LogP contribution in [0.5, 0.6) is 0 Å². The second-order valence-electron chi connectivity index (χ2n) is 9.73. The number of aliphatic hydroxyl groups excluding tert-OH is 1. The van der Waals surface area contributed by atoms with E-state index in [1.807, 2.05) is 19.9 Å². The molecule has 2 saturated carbocycles. The Labute approximate surface area is 166 Å². The second-order valence-corrected chi connectivity index (χ2v) is 9.73. The highest BCUT2D eigenvalue weighted by Crippen LogP contribution is 2.68. The molecular weight excluding hydrogens is 360 g/mol. The molecule has 1 aliphatic heterocycles. The fourth-order valence-corrected chi connectivity index (χ4v) is 7.54. The van der Waals surface area contributed by atoms with Crippen molar-refractivity contribution in [1.29, 1.82) is 0 Å². The SMILES string of the molecule is COC1=CC(C)C2CC3OC(=O)CC4C(C)C(OC)C(O)C(C2(C)C1=O)C34C. The number of carbonyl (C=O) groups excluding carboxylic acids is 2. The third-order valence-corrected chi connectivity index (χ3v) is 8.79. The van der Waals surface area contributed by atoms with Gasteiger partial charge in [-0.25, -0.2) is 0 Å². The molecule has 0 spiro atoms. The zero-order valence-corrected chi connectivity index (χ0v) is 17.6. The number of allylic oxidation sites excluding steroid dienone is 2. The molecule has 0 bridgehead atoms. The van der Waals surface area contributed by atoms with Crippen LogP contribution in [0.25, 0.3) is 0 Å². The zero-order chi connectivity index (χ0) is 20.6. The Bertz CT molecular complexity index is 731. The molecule has 1 saturated heterocycles. The molecule has 6 nitrogen and oxygen atoms in total. The minimum Gasteiger partial charge on any atom is -0.493 e. The number of methoxy groups -OCH3 is 2. The second kappa shape index (κ2) is 6.30. The predicted octanol–water partition coefficient (Wildman–Crippen LogP) is 2.34. The Morgan fingerprint density at radius 2 is 1.86 bits per heavy atom. The van der Waals surface area contributed by atoms with E-state index in [4.69, 9.17) is 14.2 Å². The molecule has 3 aliphatic carbocycles. The fourth-order valence-electron chi connectivity index (χ4n) is 7.54. The molecule has 1 N–H and O–H groups in total. The molecule has 28 heavy (non-hydrogen) atoms. The molecule has 4 aliphatic rings. The summed E-state index contributed by atoms with van der Waals surface area (Å²) in [5.41, 5.74) is -1.29. The maximum Gasteiger partial charge on any atom is 0.306 e. The maximum absolute atomic E-state index is 13.6. The first-order valence-corrected chi connectivity index (χ1v) is 10.3. The summed E-state index contributed by atoms with van der Waals surface area (Å²) in [6.07, 6.45) is 1.26. The van der Waals surface area contributed by atoms with Gasteiger partial charge in [0.05, 0.1) is 19.3 Å². The lowest BCUT2D eigenvalue weighted by Crippen LogP contribution is -2.73. The number of aliphatic hydroxyl groups is 1. The minimum atomic E-state index is -0.819. The lowest BCUT2D eigenvalue weighted by Gasteiger charge is -2.68. The Balaban J connectivity index is 1.93. The van der Waals surface area contributed by atoms with Gasteiger partial charge in [-0.05, 0) is 36.2 Å². The predicted molar refractivity (Wildman–Crippen MR) is 101 cm³/mol. The molecule has 1 heterocycles. The minimum absolute atomic E-state index is 0.00474. The van der Waals surface area contributed by atoms with Crippen molar-refractivity contribution in [2.45, 2.75) is 58.8 Å². The number of Topliss-reactive ketones (excluding diaryl/α,β-unsaturated/α-hetero) is 1. The lowest BCUT2D eigenvalue weighted by atomic mass is 9.38. The van der Waals surface area contributed by atoms with Crippen LogP contribution in [-0.4, -0.2) is 49.4 Å². The highest BCUT2D eigenvalue weighted by Gasteiger charge is 2.73. The van der Waals surface area contributed by atoms with Crippen molar-refractivity contribution in [3.8, 4) is 0 Å². The van der Waals surface area contributed by atoms with Crippen molar-refractivity contribution >= 4 is 11.8 Å². The summed E-state index contributed by atoms with van der Waals surface area (Å²) in [7, 11) is 3.12. The van der Waals surface area contributed by atoms with E-state index in [1.54, 1.807) is 7.11 Å². The molecule has 0 aromatic heterocycles. The van der Waals surface area contributed by atoms with E-state index in [-0.39, 0.29) is 47.4 Å². The molecule has 3 fully saturated rings. The van der Waals surface area contributed by atoms with E-state index >= 15 is 0 Å². The first-order chi connectivity index (χ1) is 13.1. The van der Waals surface area contributed by atoms with Gasteiger partial charge in [0.1, 0.15) is 6.10 Å². The molecule has 156 valence electrons. The maximum atomic E-state index is 13.6. The van der Waals surface area contributed by atoms with Gasteiger partial charge in [-0.3, -0.25) is 9.59 Å². The number of fused-ring (bicyclic) bond motifs is 2. The summed E-state index contributed by atoms with van der Waals surface area (Å²) in [6.45, 7) is 8.20. The van der Waals surface area contributed by atoms with Crippen molar-refractivity contribution in [2.24, 2.45) is 40.4 Å². The Morgan fingerprint density at radius 1 is 1.18 bits per heavy atom. The average Bonchev–Trinajstić information content (AvgIpc) is 2.63. The van der Waals surface area contributed by atoms with Crippen LogP contribution < -0.4 is 0 Å². The van der Waals surface area contributed by atoms with Gasteiger partial charge in [-0.1, -0.05) is 27.7 Å². The van der Waals surface area contributed by atoms with Gasteiger partial charge in [0.15, 0.2) is 5.76 Å². The standard InChI is InChI=1S/C22H32O6/c1-10-7-14(26-5)20(25)22(4)12(10)8-15-21(3)13(9-16(23)28-15)11(2)18(27-6)17(24)19(21)22/h7,10-13,15,17-19,24H,8-9H2,1-6H3. The van der Waals surface area contributed by atoms with Crippen molar-refractivity contribution < 1.29 is 28.9 Å². The first-order valence-electron chi connectivity index (χ1n) is 10.3. The summed E-state index contributed by atoms with van der Waals surface area (Å²) in [6, 6.07) is 0. The van der Waals surface area contributed by atoms with Crippen molar-refractivity contribution in [3.63, 3.8) is 0 Å². The summed E-state index contributed by atoms with van der Waals surface area (Å²) in [5, 5.41) is 11.5. The van der Waals surface area contributed by atoms with Crippen LogP contribution in [0.3, 0.4) is 0 Å². The van der Waals surface area contributed by atoms with Gasteiger partial charge in [-0.15, -0.1) is 0 Å². The van der Waals surface area contributed by atoms with E-state index in [9.17, 15) is 14.7 Å². The largest absolute Gasteiger partial charge is 0.493 e. The number of hydrogen-bond acceptors (Lipinski definition) is 6. The van der Waals surface area contributed by atoms with Crippen LogP contribution in [0.4, 0.5) is 0 Å². The third kappa shape index (κ3) is 2.22. The smallest absolute Gasteiger partial charge is 0.306 e. The van der Waals surface area contributed by atoms with E-state index in [0.29, 0.717) is 18.6 Å². The zero-order valence-electron chi connectivity index (χ0n) is 17.6. The molecule has 4 rings (SSSR count).